The molecule has 0 saturated heterocycles. The number of hydrogen-bond acceptors (Lipinski definition) is 4. The highest BCUT2D eigenvalue weighted by Crippen LogP contribution is 2.39. The second kappa shape index (κ2) is 7.83. The molecule has 0 aliphatic rings. The number of thiophene rings is 1. The molecule has 0 N–H and O–H groups in total. The first-order valence-corrected chi connectivity index (χ1v) is 11.4. The van der Waals surface area contributed by atoms with Gasteiger partial charge in [0, 0.05) is 41.9 Å². The molecule has 0 saturated carbocycles. The average Bonchev–Trinajstić information content (AvgIpc) is 3.24. The molecule has 4 aromatic carbocycles. The molecule has 5 heteroatoms. The SMILES string of the molecule is Clc1ccc(-c2nc(-c3ccccc3)nc(-c3cccc4c3sc3ccccc34)n2)cc1. The van der Waals surface area contributed by atoms with Gasteiger partial charge < -0.3 is 0 Å². The van der Waals surface area contributed by atoms with E-state index in [0.29, 0.717) is 22.5 Å². The summed E-state index contributed by atoms with van der Waals surface area (Å²) in [6.45, 7) is 0. The summed E-state index contributed by atoms with van der Waals surface area (Å²) in [5, 5.41) is 3.16. The van der Waals surface area contributed by atoms with Crippen LogP contribution in [-0.4, -0.2) is 15.0 Å². The van der Waals surface area contributed by atoms with Gasteiger partial charge in [0.15, 0.2) is 17.5 Å². The third-order valence-corrected chi connectivity index (χ3v) is 6.89. The third kappa shape index (κ3) is 3.34. The molecule has 0 radical (unpaired) electrons. The van der Waals surface area contributed by atoms with E-state index >= 15 is 0 Å². The van der Waals surface area contributed by atoms with Crippen molar-refractivity contribution in [1.29, 1.82) is 0 Å². The molecule has 0 atom stereocenters. The molecule has 32 heavy (non-hydrogen) atoms. The topological polar surface area (TPSA) is 38.7 Å². The molecular weight excluding hydrogens is 434 g/mol. The van der Waals surface area contributed by atoms with Gasteiger partial charge in [-0.05, 0) is 36.4 Å². The van der Waals surface area contributed by atoms with Crippen molar-refractivity contribution >= 4 is 43.1 Å². The molecule has 0 aliphatic heterocycles. The second-order valence-electron chi connectivity index (χ2n) is 7.46. The lowest BCUT2D eigenvalue weighted by molar-refractivity contribution is 1.08. The Hall–Kier alpha value is -3.60. The zero-order valence-electron chi connectivity index (χ0n) is 16.9. The number of aromatic nitrogens is 3. The van der Waals surface area contributed by atoms with Crippen LogP contribution in [0.15, 0.2) is 97.1 Å². The summed E-state index contributed by atoms with van der Waals surface area (Å²) in [6, 6.07) is 32.4. The fourth-order valence-corrected chi connectivity index (χ4v) is 5.20. The maximum Gasteiger partial charge on any atom is 0.165 e. The van der Waals surface area contributed by atoms with Gasteiger partial charge in [0.2, 0.25) is 0 Å². The zero-order valence-corrected chi connectivity index (χ0v) is 18.4. The molecule has 0 bridgehead atoms. The van der Waals surface area contributed by atoms with Crippen molar-refractivity contribution in [3.8, 4) is 34.2 Å². The standard InChI is InChI=1S/C27H16ClN3S/c28-19-15-13-18(14-16-19)26-29-25(17-7-2-1-3-8-17)30-27(31-26)22-11-6-10-21-20-9-4-5-12-23(20)32-24(21)22/h1-16H. The minimum Gasteiger partial charge on any atom is -0.208 e. The van der Waals surface area contributed by atoms with E-state index in [9.17, 15) is 0 Å². The van der Waals surface area contributed by atoms with Crippen molar-refractivity contribution in [2.24, 2.45) is 0 Å². The van der Waals surface area contributed by atoms with E-state index in [4.69, 9.17) is 26.6 Å². The van der Waals surface area contributed by atoms with Gasteiger partial charge in [-0.25, -0.2) is 15.0 Å². The second-order valence-corrected chi connectivity index (χ2v) is 8.95. The minimum absolute atomic E-state index is 0.628. The lowest BCUT2D eigenvalue weighted by atomic mass is 10.1. The van der Waals surface area contributed by atoms with E-state index in [0.717, 1.165) is 16.7 Å². The average molecular weight is 450 g/mol. The summed E-state index contributed by atoms with van der Waals surface area (Å²) in [5.41, 5.74) is 2.87. The van der Waals surface area contributed by atoms with Gasteiger partial charge in [0.25, 0.3) is 0 Å². The van der Waals surface area contributed by atoms with Crippen LogP contribution in [0.5, 0.6) is 0 Å². The Morgan fingerprint density at radius 1 is 0.531 bits per heavy atom. The van der Waals surface area contributed by atoms with E-state index in [-0.39, 0.29) is 0 Å². The van der Waals surface area contributed by atoms with Crippen LogP contribution in [0.1, 0.15) is 0 Å². The molecule has 0 unspecified atom stereocenters. The Labute approximate surface area is 194 Å². The summed E-state index contributed by atoms with van der Waals surface area (Å²) in [7, 11) is 0. The predicted octanol–water partition coefficient (Wildman–Crippen LogP) is 7.89. The summed E-state index contributed by atoms with van der Waals surface area (Å²) < 4.78 is 2.44. The Morgan fingerprint density at radius 2 is 1.16 bits per heavy atom. The van der Waals surface area contributed by atoms with Crippen LogP contribution in [0.2, 0.25) is 5.02 Å². The van der Waals surface area contributed by atoms with Crippen LogP contribution in [0.3, 0.4) is 0 Å². The lowest BCUT2D eigenvalue weighted by Gasteiger charge is -2.09. The molecule has 152 valence electrons. The Morgan fingerprint density at radius 3 is 1.94 bits per heavy atom. The number of benzene rings is 4. The fourth-order valence-electron chi connectivity index (χ4n) is 3.86. The van der Waals surface area contributed by atoms with Crippen LogP contribution < -0.4 is 0 Å². The van der Waals surface area contributed by atoms with Crippen LogP contribution in [0.4, 0.5) is 0 Å². The lowest BCUT2D eigenvalue weighted by Crippen LogP contribution is -2.00. The zero-order chi connectivity index (χ0) is 21.5. The maximum atomic E-state index is 6.11. The van der Waals surface area contributed by atoms with Gasteiger partial charge in [-0.15, -0.1) is 11.3 Å². The molecule has 2 heterocycles. The van der Waals surface area contributed by atoms with Crippen LogP contribution in [-0.2, 0) is 0 Å². The Kier molecular flexibility index (Phi) is 4.67. The van der Waals surface area contributed by atoms with Gasteiger partial charge in [-0.3, -0.25) is 0 Å². The van der Waals surface area contributed by atoms with Crippen molar-refractivity contribution in [3.63, 3.8) is 0 Å². The smallest absolute Gasteiger partial charge is 0.165 e. The number of rotatable bonds is 3. The molecule has 6 aromatic rings. The Bertz CT molecular complexity index is 1570. The highest BCUT2D eigenvalue weighted by molar-refractivity contribution is 7.26. The number of fused-ring (bicyclic) bond motifs is 3. The van der Waals surface area contributed by atoms with Gasteiger partial charge >= 0.3 is 0 Å². The molecule has 2 aromatic heterocycles. The summed E-state index contributed by atoms with van der Waals surface area (Å²) in [5.74, 6) is 1.95. The van der Waals surface area contributed by atoms with Crippen molar-refractivity contribution < 1.29 is 0 Å². The molecule has 0 fully saturated rings. The van der Waals surface area contributed by atoms with Crippen molar-refractivity contribution in [2.75, 3.05) is 0 Å². The molecule has 3 nitrogen and oxygen atoms in total. The highest BCUT2D eigenvalue weighted by atomic mass is 35.5. The monoisotopic (exact) mass is 449 g/mol. The Balaban J connectivity index is 1.62. The summed E-state index contributed by atoms with van der Waals surface area (Å²) in [6.07, 6.45) is 0. The van der Waals surface area contributed by atoms with Gasteiger partial charge in [0.05, 0.1) is 0 Å². The third-order valence-electron chi connectivity index (χ3n) is 5.42. The molecule has 0 aliphatic carbocycles. The van der Waals surface area contributed by atoms with E-state index in [1.165, 1.54) is 20.2 Å². The number of nitrogens with zero attached hydrogens (tertiary/aromatic N) is 3. The molecule has 6 rings (SSSR count). The van der Waals surface area contributed by atoms with Gasteiger partial charge in [-0.1, -0.05) is 72.3 Å². The number of halogens is 1. The highest BCUT2D eigenvalue weighted by Gasteiger charge is 2.16. The minimum atomic E-state index is 0.628. The van der Waals surface area contributed by atoms with E-state index in [2.05, 4.69) is 42.5 Å². The van der Waals surface area contributed by atoms with Crippen LogP contribution in [0, 0.1) is 0 Å². The van der Waals surface area contributed by atoms with Crippen molar-refractivity contribution in [2.45, 2.75) is 0 Å². The first-order valence-electron chi connectivity index (χ1n) is 10.2. The maximum absolute atomic E-state index is 6.11. The summed E-state index contributed by atoms with van der Waals surface area (Å²) >= 11 is 7.88. The number of hydrogen-bond donors (Lipinski definition) is 0. The van der Waals surface area contributed by atoms with E-state index in [1.807, 2.05) is 54.6 Å². The first-order chi connectivity index (χ1) is 15.8. The quantitative estimate of drug-likeness (QED) is 0.275. The van der Waals surface area contributed by atoms with Crippen LogP contribution >= 0.6 is 22.9 Å². The fraction of sp³-hybridized carbons (Fsp3) is 0. The van der Waals surface area contributed by atoms with Crippen molar-refractivity contribution in [1.82, 2.24) is 15.0 Å². The van der Waals surface area contributed by atoms with Crippen LogP contribution in [0.25, 0.3) is 54.3 Å². The predicted molar refractivity (Wildman–Crippen MR) is 134 cm³/mol. The normalized spacial score (nSPS) is 11.3. The molecule has 0 spiro atoms. The van der Waals surface area contributed by atoms with E-state index < -0.39 is 0 Å². The molecular formula is C27H16ClN3S. The molecule has 0 amide bonds. The van der Waals surface area contributed by atoms with Gasteiger partial charge in [0.1, 0.15) is 0 Å². The van der Waals surface area contributed by atoms with Crippen molar-refractivity contribution in [3.05, 3.63) is 102 Å². The van der Waals surface area contributed by atoms with E-state index in [1.54, 1.807) is 11.3 Å². The largest absolute Gasteiger partial charge is 0.208 e. The summed E-state index contributed by atoms with van der Waals surface area (Å²) in [4.78, 5) is 14.6. The first kappa shape index (κ1) is 19.1. The van der Waals surface area contributed by atoms with Gasteiger partial charge in [-0.2, -0.15) is 0 Å².